The first-order valence-corrected chi connectivity index (χ1v) is 9.16. The standard InChI is InChI=1S/C20H30N2O4/c1-7-25-18(23)16-8-10-17(11-9-16)21-12-14(2)22(15(3)13-21)19(24)26-20(4,5)6/h8-11,14-15H,7,12-13H2,1-6H3/t14-,15+. The highest BCUT2D eigenvalue weighted by molar-refractivity contribution is 5.89. The van der Waals surface area contributed by atoms with Crippen molar-refractivity contribution in [3.8, 4) is 0 Å². The number of carbonyl (C=O) groups excluding carboxylic acids is 2. The Kier molecular flexibility index (Phi) is 6.16. The average Bonchev–Trinajstić information content (AvgIpc) is 2.52. The van der Waals surface area contributed by atoms with Gasteiger partial charge in [0.2, 0.25) is 0 Å². The highest BCUT2D eigenvalue weighted by Crippen LogP contribution is 2.25. The van der Waals surface area contributed by atoms with Gasteiger partial charge in [0.1, 0.15) is 5.60 Å². The Bertz CT molecular complexity index is 624. The summed E-state index contributed by atoms with van der Waals surface area (Å²) in [5.41, 5.74) is 1.07. The lowest BCUT2D eigenvalue weighted by atomic mass is 10.1. The van der Waals surface area contributed by atoms with Crippen molar-refractivity contribution in [3.63, 3.8) is 0 Å². The number of rotatable bonds is 3. The van der Waals surface area contributed by atoms with Gasteiger partial charge in [-0.1, -0.05) is 0 Å². The van der Waals surface area contributed by atoms with Crippen LogP contribution in [0.1, 0.15) is 51.9 Å². The fourth-order valence-corrected chi connectivity index (χ4v) is 3.23. The van der Waals surface area contributed by atoms with Crippen LogP contribution in [0.5, 0.6) is 0 Å². The molecule has 1 aliphatic rings. The Morgan fingerprint density at radius 1 is 1.08 bits per heavy atom. The smallest absolute Gasteiger partial charge is 0.410 e. The van der Waals surface area contributed by atoms with Crippen LogP contribution in [0.15, 0.2) is 24.3 Å². The van der Waals surface area contributed by atoms with Crippen LogP contribution in [0.2, 0.25) is 0 Å². The molecule has 144 valence electrons. The molecule has 1 aliphatic heterocycles. The van der Waals surface area contributed by atoms with Gasteiger partial charge in [0.25, 0.3) is 0 Å². The van der Waals surface area contributed by atoms with Gasteiger partial charge in [-0.2, -0.15) is 0 Å². The molecule has 1 heterocycles. The molecule has 26 heavy (non-hydrogen) atoms. The number of hydrogen-bond donors (Lipinski definition) is 0. The van der Waals surface area contributed by atoms with Crippen LogP contribution in [-0.2, 0) is 9.47 Å². The Hall–Kier alpha value is -2.24. The number of carbonyl (C=O) groups is 2. The molecule has 1 fully saturated rings. The van der Waals surface area contributed by atoms with Crippen molar-refractivity contribution in [2.45, 2.75) is 59.2 Å². The molecular weight excluding hydrogens is 332 g/mol. The molecule has 0 unspecified atom stereocenters. The Morgan fingerprint density at radius 2 is 1.62 bits per heavy atom. The zero-order chi connectivity index (χ0) is 19.5. The first-order chi connectivity index (χ1) is 12.1. The number of piperazine rings is 1. The number of ether oxygens (including phenoxy) is 2. The van der Waals surface area contributed by atoms with Crippen LogP contribution in [0.4, 0.5) is 10.5 Å². The second-order valence-corrected chi connectivity index (χ2v) is 7.76. The molecular formula is C20H30N2O4. The summed E-state index contributed by atoms with van der Waals surface area (Å²) in [6.45, 7) is 13.3. The Morgan fingerprint density at radius 3 is 2.08 bits per heavy atom. The van der Waals surface area contributed by atoms with Crippen LogP contribution >= 0.6 is 0 Å². The summed E-state index contributed by atoms with van der Waals surface area (Å²) in [5, 5.41) is 0. The number of benzene rings is 1. The van der Waals surface area contributed by atoms with E-state index in [0.717, 1.165) is 5.69 Å². The van der Waals surface area contributed by atoms with Gasteiger partial charge < -0.3 is 14.4 Å². The molecule has 1 aromatic carbocycles. The molecule has 6 nitrogen and oxygen atoms in total. The number of nitrogens with zero attached hydrogens (tertiary/aromatic N) is 2. The van der Waals surface area contributed by atoms with Crippen LogP contribution in [0.25, 0.3) is 0 Å². The van der Waals surface area contributed by atoms with Gasteiger partial charge in [-0.3, -0.25) is 4.90 Å². The summed E-state index contributed by atoms with van der Waals surface area (Å²) in [5.74, 6) is -0.310. The van der Waals surface area contributed by atoms with E-state index in [1.807, 2.05) is 51.7 Å². The van der Waals surface area contributed by atoms with E-state index in [4.69, 9.17) is 9.47 Å². The summed E-state index contributed by atoms with van der Waals surface area (Å²) in [4.78, 5) is 28.3. The van der Waals surface area contributed by atoms with E-state index < -0.39 is 5.60 Å². The van der Waals surface area contributed by atoms with E-state index in [2.05, 4.69) is 4.90 Å². The third-order valence-electron chi connectivity index (χ3n) is 4.27. The first kappa shape index (κ1) is 20.1. The quantitative estimate of drug-likeness (QED) is 0.768. The van der Waals surface area contributed by atoms with E-state index in [1.54, 1.807) is 19.1 Å². The molecule has 0 N–H and O–H groups in total. The second kappa shape index (κ2) is 7.98. The molecule has 2 rings (SSSR count). The van der Waals surface area contributed by atoms with Gasteiger partial charge >= 0.3 is 12.1 Å². The summed E-state index contributed by atoms with van der Waals surface area (Å²) in [6, 6.07) is 7.46. The highest BCUT2D eigenvalue weighted by atomic mass is 16.6. The lowest BCUT2D eigenvalue weighted by Gasteiger charge is -2.45. The molecule has 0 aromatic heterocycles. The van der Waals surface area contributed by atoms with E-state index in [9.17, 15) is 9.59 Å². The zero-order valence-corrected chi connectivity index (χ0v) is 16.6. The molecule has 1 amide bonds. The van der Waals surface area contributed by atoms with Gasteiger partial charge in [-0.15, -0.1) is 0 Å². The number of hydrogen-bond acceptors (Lipinski definition) is 5. The maximum Gasteiger partial charge on any atom is 0.410 e. The molecule has 6 heteroatoms. The molecule has 0 aliphatic carbocycles. The van der Waals surface area contributed by atoms with Gasteiger partial charge in [0, 0.05) is 18.8 Å². The predicted octanol–water partition coefficient (Wildman–Crippen LogP) is 3.70. The van der Waals surface area contributed by atoms with Crippen molar-refractivity contribution in [2.24, 2.45) is 0 Å². The maximum atomic E-state index is 12.5. The molecule has 1 aromatic rings. The van der Waals surface area contributed by atoms with Crippen molar-refractivity contribution in [1.29, 1.82) is 0 Å². The van der Waals surface area contributed by atoms with Crippen molar-refractivity contribution in [2.75, 3.05) is 24.6 Å². The lowest BCUT2D eigenvalue weighted by Crippen LogP contribution is -2.59. The fourth-order valence-electron chi connectivity index (χ4n) is 3.23. The minimum Gasteiger partial charge on any atom is -0.462 e. The molecule has 2 atom stereocenters. The molecule has 1 saturated heterocycles. The highest BCUT2D eigenvalue weighted by Gasteiger charge is 2.35. The summed E-state index contributed by atoms with van der Waals surface area (Å²) < 4.78 is 10.6. The van der Waals surface area contributed by atoms with Crippen molar-refractivity contribution in [3.05, 3.63) is 29.8 Å². The van der Waals surface area contributed by atoms with E-state index in [1.165, 1.54) is 0 Å². The molecule has 0 radical (unpaired) electrons. The third kappa shape index (κ3) is 4.90. The van der Waals surface area contributed by atoms with Gasteiger partial charge in [-0.25, -0.2) is 9.59 Å². The average molecular weight is 362 g/mol. The summed E-state index contributed by atoms with van der Waals surface area (Å²) in [6.07, 6.45) is -0.269. The van der Waals surface area contributed by atoms with Crippen molar-refractivity contribution in [1.82, 2.24) is 4.90 Å². The minimum absolute atomic E-state index is 0.0262. The largest absolute Gasteiger partial charge is 0.462 e. The fraction of sp³-hybridized carbons (Fsp3) is 0.600. The monoisotopic (exact) mass is 362 g/mol. The lowest BCUT2D eigenvalue weighted by molar-refractivity contribution is 0.00563. The van der Waals surface area contributed by atoms with Gasteiger partial charge in [-0.05, 0) is 65.8 Å². The zero-order valence-electron chi connectivity index (χ0n) is 16.6. The number of esters is 1. The maximum absolute atomic E-state index is 12.5. The van der Waals surface area contributed by atoms with E-state index in [0.29, 0.717) is 25.3 Å². The summed E-state index contributed by atoms with van der Waals surface area (Å²) in [7, 11) is 0. The first-order valence-electron chi connectivity index (χ1n) is 9.16. The second-order valence-electron chi connectivity index (χ2n) is 7.76. The van der Waals surface area contributed by atoms with Crippen LogP contribution in [0, 0.1) is 0 Å². The van der Waals surface area contributed by atoms with Crippen LogP contribution in [-0.4, -0.2) is 54.3 Å². The predicted molar refractivity (Wildman–Crippen MR) is 102 cm³/mol. The SMILES string of the molecule is CCOC(=O)c1ccc(N2C[C@@H](C)N(C(=O)OC(C)(C)C)[C@@H](C)C2)cc1. The topological polar surface area (TPSA) is 59.1 Å². The molecule has 0 spiro atoms. The summed E-state index contributed by atoms with van der Waals surface area (Å²) >= 11 is 0. The number of anilines is 1. The van der Waals surface area contributed by atoms with Gasteiger partial charge in [0.15, 0.2) is 0 Å². The van der Waals surface area contributed by atoms with Gasteiger partial charge in [0.05, 0.1) is 24.3 Å². The Balaban J connectivity index is 2.06. The number of amides is 1. The normalized spacial score (nSPS) is 20.7. The van der Waals surface area contributed by atoms with Crippen molar-refractivity contribution < 1.29 is 19.1 Å². The Labute approximate surface area is 156 Å². The van der Waals surface area contributed by atoms with Crippen molar-refractivity contribution >= 4 is 17.7 Å². The molecule has 0 saturated carbocycles. The van der Waals surface area contributed by atoms with E-state index in [-0.39, 0.29) is 24.1 Å². The minimum atomic E-state index is -0.503. The van der Waals surface area contributed by atoms with E-state index >= 15 is 0 Å². The third-order valence-corrected chi connectivity index (χ3v) is 4.27. The van der Waals surface area contributed by atoms with Crippen LogP contribution in [0.3, 0.4) is 0 Å². The van der Waals surface area contributed by atoms with Crippen LogP contribution < -0.4 is 4.90 Å². The molecule has 0 bridgehead atoms.